The van der Waals surface area contributed by atoms with Crippen LogP contribution < -0.4 is 5.56 Å². The highest BCUT2D eigenvalue weighted by atomic mass is 32.1. The van der Waals surface area contributed by atoms with Crippen LogP contribution in [0.4, 0.5) is 0 Å². The lowest BCUT2D eigenvalue weighted by atomic mass is 10.2. The molecule has 0 saturated carbocycles. The third-order valence-corrected chi connectivity index (χ3v) is 4.50. The van der Waals surface area contributed by atoms with Crippen molar-refractivity contribution >= 4 is 38.9 Å². The zero-order valence-corrected chi connectivity index (χ0v) is 11.2. The highest BCUT2D eigenvalue weighted by Crippen LogP contribution is 2.18. The van der Waals surface area contributed by atoms with Crippen molar-refractivity contribution in [3.05, 3.63) is 50.0 Å². The molecule has 5 nitrogen and oxygen atoms in total. The summed E-state index contributed by atoms with van der Waals surface area (Å²) in [7, 11) is 0. The van der Waals surface area contributed by atoms with Gasteiger partial charge in [0.1, 0.15) is 9.71 Å². The van der Waals surface area contributed by atoms with Crippen LogP contribution in [-0.4, -0.2) is 20.6 Å². The number of hydrogen-bond acceptors (Lipinski definition) is 5. The van der Waals surface area contributed by atoms with E-state index >= 15 is 0 Å². The Morgan fingerprint density at radius 1 is 1.32 bits per heavy atom. The molecule has 0 saturated heterocycles. The highest BCUT2D eigenvalue weighted by molar-refractivity contribution is 7.16. The van der Waals surface area contributed by atoms with E-state index in [4.69, 9.17) is 5.11 Å². The van der Waals surface area contributed by atoms with Crippen molar-refractivity contribution in [3.63, 3.8) is 0 Å². The molecule has 0 aliphatic rings. The Morgan fingerprint density at radius 2 is 2.11 bits per heavy atom. The first-order chi connectivity index (χ1) is 9.16. The van der Waals surface area contributed by atoms with Gasteiger partial charge in [-0.05, 0) is 28.5 Å². The molecule has 0 bridgehead atoms. The van der Waals surface area contributed by atoms with Crippen molar-refractivity contribution < 1.29 is 9.90 Å². The fourth-order valence-electron chi connectivity index (χ4n) is 1.84. The Hall–Kier alpha value is -1.99. The van der Waals surface area contributed by atoms with E-state index in [-0.39, 0.29) is 17.0 Å². The minimum Gasteiger partial charge on any atom is -0.477 e. The summed E-state index contributed by atoms with van der Waals surface area (Å²) in [6.07, 6.45) is 1.46. The first kappa shape index (κ1) is 12.1. The Morgan fingerprint density at radius 3 is 2.89 bits per heavy atom. The van der Waals surface area contributed by atoms with E-state index in [1.54, 1.807) is 17.5 Å². The van der Waals surface area contributed by atoms with Crippen molar-refractivity contribution in [3.8, 4) is 0 Å². The molecule has 3 aromatic heterocycles. The van der Waals surface area contributed by atoms with E-state index in [2.05, 4.69) is 4.98 Å². The molecule has 7 heteroatoms. The standard InChI is InChI=1S/C12H8N2O3S2/c15-11-8-2-4-19-10(8)13-6-14(11)5-7-1-3-18-9(7)12(16)17/h1-4,6H,5H2,(H,16,17). The quantitative estimate of drug-likeness (QED) is 0.803. The summed E-state index contributed by atoms with van der Waals surface area (Å²) in [6, 6.07) is 3.45. The van der Waals surface area contributed by atoms with Gasteiger partial charge in [-0.2, -0.15) is 0 Å². The maximum atomic E-state index is 12.2. The molecule has 19 heavy (non-hydrogen) atoms. The number of carboxylic acid groups (broad SMARTS) is 1. The van der Waals surface area contributed by atoms with Gasteiger partial charge in [0.25, 0.3) is 5.56 Å². The topological polar surface area (TPSA) is 72.2 Å². The zero-order valence-electron chi connectivity index (χ0n) is 9.57. The molecule has 1 N–H and O–H groups in total. The summed E-state index contributed by atoms with van der Waals surface area (Å²) in [5, 5.41) is 13.1. The molecule has 0 radical (unpaired) electrons. The molecule has 96 valence electrons. The van der Waals surface area contributed by atoms with Gasteiger partial charge in [-0.3, -0.25) is 9.36 Å². The van der Waals surface area contributed by atoms with Crippen LogP contribution in [0.5, 0.6) is 0 Å². The van der Waals surface area contributed by atoms with Gasteiger partial charge in [0.15, 0.2) is 0 Å². The third kappa shape index (κ3) is 2.06. The lowest BCUT2D eigenvalue weighted by molar-refractivity contribution is 0.0701. The van der Waals surface area contributed by atoms with Crippen LogP contribution in [0, 0.1) is 0 Å². The zero-order chi connectivity index (χ0) is 13.4. The Bertz CT molecular complexity index is 816. The fraction of sp³-hybridized carbons (Fsp3) is 0.0833. The van der Waals surface area contributed by atoms with Crippen LogP contribution in [0.25, 0.3) is 10.2 Å². The number of aromatic carboxylic acids is 1. The van der Waals surface area contributed by atoms with Gasteiger partial charge >= 0.3 is 5.97 Å². The first-order valence-electron chi connectivity index (χ1n) is 5.39. The molecular formula is C12H8N2O3S2. The summed E-state index contributed by atoms with van der Waals surface area (Å²) >= 11 is 2.56. The van der Waals surface area contributed by atoms with Crippen LogP contribution in [-0.2, 0) is 6.54 Å². The number of hydrogen-bond donors (Lipinski definition) is 1. The molecule has 0 spiro atoms. The summed E-state index contributed by atoms with van der Waals surface area (Å²) in [6.45, 7) is 0.225. The smallest absolute Gasteiger partial charge is 0.346 e. The number of aromatic nitrogens is 2. The largest absolute Gasteiger partial charge is 0.477 e. The molecule has 3 aromatic rings. The van der Waals surface area contributed by atoms with Crippen LogP contribution in [0.3, 0.4) is 0 Å². The molecule has 0 aliphatic carbocycles. The van der Waals surface area contributed by atoms with Crippen LogP contribution >= 0.6 is 22.7 Å². The van der Waals surface area contributed by atoms with Crippen LogP contribution in [0.2, 0.25) is 0 Å². The van der Waals surface area contributed by atoms with Crippen molar-refractivity contribution in [2.75, 3.05) is 0 Å². The van der Waals surface area contributed by atoms with Crippen LogP contribution in [0.1, 0.15) is 15.2 Å². The predicted molar refractivity (Wildman–Crippen MR) is 74.3 cm³/mol. The molecule has 0 amide bonds. The fourth-order valence-corrected chi connectivity index (χ4v) is 3.31. The molecule has 3 heterocycles. The number of rotatable bonds is 3. The molecule has 0 fully saturated rings. The van der Waals surface area contributed by atoms with Gasteiger partial charge in [0, 0.05) is 0 Å². The minimum atomic E-state index is -0.970. The van der Waals surface area contributed by atoms with E-state index in [0.29, 0.717) is 15.8 Å². The van der Waals surface area contributed by atoms with Gasteiger partial charge in [-0.15, -0.1) is 22.7 Å². The lowest BCUT2D eigenvalue weighted by Gasteiger charge is -2.04. The van der Waals surface area contributed by atoms with Crippen molar-refractivity contribution in [1.29, 1.82) is 0 Å². The second kappa shape index (κ2) is 4.60. The number of nitrogens with zero attached hydrogens (tertiary/aromatic N) is 2. The van der Waals surface area contributed by atoms with E-state index < -0.39 is 5.97 Å². The number of thiophene rings is 2. The number of fused-ring (bicyclic) bond motifs is 1. The Balaban J connectivity index is 2.06. The van der Waals surface area contributed by atoms with E-state index in [1.807, 2.05) is 5.38 Å². The molecular weight excluding hydrogens is 284 g/mol. The van der Waals surface area contributed by atoms with Gasteiger partial charge < -0.3 is 5.11 Å². The normalized spacial score (nSPS) is 10.9. The van der Waals surface area contributed by atoms with Crippen LogP contribution in [0.15, 0.2) is 34.0 Å². The maximum Gasteiger partial charge on any atom is 0.346 e. The predicted octanol–water partition coefficient (Wildman–Crippen LogP) is 2.27. The van der Waals surface area contributed by atoms with Crippen molar-refractivity contribution in [2.24, 2.45) is 0 Å². The maximum absolute atomic E-state index is 12.2. The number of carboxylic acids is 1. The highest BCUT2D eigenvalue weighted by Gasteiger charge is 2.13. The third-order valence-electron chi connectivity index (χ3n) is 2.73. The van der Waals surface area contributed by atoms with Crippen molar-refractivity contribution in [2.45, 2.75) is 6.54 Å². The van der Waals surface area contributed by atoms with E-state index in [0.717, 1.165) is 11.3 Å². The minimum absolute atomic E-state index is 0.145. The van der Waals surface area contributed by atoms with Gasteiger partial charge in [-0.1, -0.05) is 0 Å². The SMILES string of the molecule is O=C(O)c1sccc1Cn1cnc2sccc2c1=O. The summed E-state index contributed by atoms with van der Waals surface area (Å²) in [5.74, 6) is -0.970. The average Bonchev–Trinajstić information content (AvgIpc) is 3.01. The molecule has 0 atom stereocenters. The summed E-state index contributed by atoms with van der Waals surface area (Å²) < 4.78 is 1.43. The monoisotopic (exact) mass is 292 g/mol. The summed E-state index contributed by atoms with van der Waals surface area (Å²) in [4.78, 5) is 28.4. The summed E-state index contributed by atoms with van der Waals surface area (Å²) in [5.41, 5.74) is 0.477. The Kier molecular flexibility index (Phi) is 2.92. The van der Waals surface area contributed by atoms with Gasteiger partial charge in [-0.25, -0.2) is 9.78 Å². The van der Waals surface area contributed by atoms with E-state index in [1.165, 1.54) is 22.2 Å². The molecule has 0 aliphatic heterocycles. The second-order valence-corrected chi connectivity index (χ2v) is 5.71. The molecule has 3 rings (SSSR count). The lowest BCUT2D eigenvalue weighted by Crippen LogP contribution is -2.21. The molecule has 0 aromatic carbocycles. The van der Waals surface area contributed by atoms with Crippen molar-refractivity contribution in [1.82, 2.24) is 9.55 Å². The van der Waals surface area contributed by atoms with Gasteiger partial charge in [0.2, 0.25) is 0 Å². The number of carbonyl (C=O) groups is 1. The van der Waals surface area contributed by atoms with E-state index in [9.17, 15) is 9.59 Å². The molecule has 0 unspecified atom stereocenters. The second-order valence-electron chi connectivity index (χ2n) is 3.90. The Labute approximate surface area is 115 Å². The average molecular weight is 292 g/mol. The van der Waals surface area contributed by atoms with Gasteiger partial charge in [0.05, 0.1) is 18.3 Å². The first-order valence-corrected chi connectivity index (χ1v) is 7.15.